The fourth-order valence-electron chi connectivity index (χ4n) is 2.48. The molecule has 0 radical (unpaired) electrons. The molecule has 0 aliphatic carbocycles. The zero-order valence-corrected chi connectivity index (χ0v) is 12.8. The minimum absolute atomic E-state index is 0.249. The van der Waals surface area contributed by atoms with Gasteiger partial charge in [0.2, 0.25) is 0 Å². The fourth-order valence-corrected chi connectivity index (χ4v) is 2.61. The summed E-state index contributed by atoms with van der Waals surface area (Å²) in [6.07, 6.45) is 3.56. The summed E-state index contributed by atoms with van der Waals surface area (Å²) >= 11 is 5.86. The van der Waals surface area contributed by atoms with Crippen LogP contribution in [0.3, 0.4) is 0 Å². The lowest BCUT2D eigenvalue weighted by Gasteiger charge is -2.24. The van der Waals surface area contributed by atoms with Gasteiger partial charge in [-0.1, -0.05) is 34.0 Å². The molecule has 116 valence electrons. The molecule has 0 unspecified atom stereocenters. The number of halogens is 1. The standard InChI is InChI=1S/C14H17ClN6O/c15-12-6-4-11(5-7-12)13(18-22)10-21-17-14(16-19-21)20-8-2-1-3-9-20/h4-7,22H,1-3,8-10H2/b18-13+. The average molecular weight is 321 g/mol. The van der Waals surface area contributed by atoms with Crippen molar-refractivity contribution >= 4 is 23.3 Å². The molecular weight excluding hydrogens is 304 g/mol. The predicted octanol–water partition coefficient (Wildman–Crippen LogP) is 2.20. The van der Waals surface area contributed by atoms with Gasteiger partial charge in [0.1, 0.15) is 12.3 Å². The molecule has 7 nitrogen and oxygen atoms in total. The number of tetrazole rings is 1. The van der Waals surface area contributed by atoms with Crippen LogP contribution in [0.4, 0.5) is 5.95 Å². The van der Waals surface area contributed by atoms with E-state index in [1.807, 2.05) is 0 Å². The van der Waals surface area contributed by atoms with Gasteiger partial charge < -0.3 is 10.1 Å². The number of hydrogen-bond acceptors (Lipinski definition) is 6. The number of benzene rings is 1. The van der Waals surface area contributed by atoms with Crippen LogP contribution < -0.4 is 4.90 Å². The van der Waals surface area contributed by atoms with E-state index in [0.717, 1.165) is 31.5 Å². The van der Waals surface area contributed by atoms with Crippen LogP contribution >= 0.6 is 11.6 Å². The summed E-state index contributed by atoms with van der Waals surface area (Å²) in [6, 6.07) is 7.08. The Kier molecular flexibility index (Phi) is 4.53. The zero-order chi connectivity index (χ0) is 15.4. The van der Waals surface area contributed by atoms with Crippen LogP contribution in [0.25, 0.3) is 0 Å². The van der Waals surface area contributed by atoms with Crippen LogP contribution in [-0.4, -0.2) is 44.2 Å². The van der Waals surface area contributed by atoms with Crippen molar-refractivity contribution in [1.82, 2.24) is 20.2 Å². The van der Waals surface area contributed by atoms with Crippen molar-refractivity contribution in [3.8, 4) is 0 Å². The van der Waals surface area contributed by atoms with E-state index in [-0.39, 0.29) is 6.54 Å². The summed E-state index contributed by atoms with van der Waals surface area (Å²) in [5.41, 5.74) is 1.22. The van der Waals surface area contributed by atoms with Crippen LogP contribution in [0.2, 0.25) is 5.02 Å². The largest absolute Gasteiger partial charge is 0.411 e. The summed E-state index contributed by atoms with van der Waals surface area (Å²) < 4.78 is 0. The summed E-state index contributed by atoms with van der Waals surface area (Å²) in [4.78, 5) is 3.57. The third kappa shape index (κ3) is 3.36. The molecule has 0 spiro atoms. The number of nitrogens with zero attached hydrogens (tertiary/aromatic N) is 6. The number of rotatable bonds is 4. The van der Waals surface area contributed by atoms with Crippen LogP contribution in [0.5, 0.6) is 0 Å². The van der Waals surface area contributed by atoms with Crippen LogP contribution in [0, 0.1) is 0 Å². The smallest absolute Gasteiger partial charge is 0.266 e. The maximum absolute atomic E-state index is 9.22. The molecular formula is C14H17ClN6O. The van der Waals surface area contributed by atoms with Crippen molar-refractivity contribution in [2.75, 3.05) is 18.0 Å². The number of hydrogen-bond donors (Lipinski definition) is 1. The Morgan fingerprint density at radius 3 is 2.59 bits per heavy atom. The second-order valence-electron chi connectivity index (χ2n) is 5.22. The number of aromatic nitrogens is 4. The Labute approximate surface area is 133 Å². The van der Waals surface area contributed by atoms with E-state index in [0.29, 0.717) is 16.7 Å². The molecule has 2 aromatic rings. The minimum atomic E-state index is 0.249. The van der Waals surface area contributed by atoms with Crippen molar-refractivity contribution in [2.24, 2.45) is 5.16 Å². The monoisotopic (exact) mass is 320 g/mol. The van der Waals surface area contributed by atoms with Gasteiger partial charge in [0.15, 0.2) is 0 Å². The molecule has 8 heteroatoms. The van der Waals surface area contributed by atoms with E-state index in [2.05, 4.69) is 25.5 Å². The topological polar surface area (TPSA) is 79.4 Å². The van der Waals surface area contributed by atoms with Gasteiger partial charge in [-0.25, -0.2) is 0 Å². The first-order valence-corrected chi connectivity index (χ1v) is 7.63. The number of anilines is 1. The van der Waals surface area contributed by atoms with Crippen molar-refractivity contribution in [3.63, 3.8) is 0 Å². The molecule has 1 N–H and O–H groups in total. The Morgan fingerprint density at radius 1 is 1.18 bits per heavy atom. The van der Waals surface area contributed by atoms with Crippen molar-refractivity contribution in [1.29, 1.82) is 0 Å². The summed E-state index contributed by atoms with van der Waals surface area (Å²) in [6.45, 7) is 2.17. The first-order chi connectivity index (χ1) is 10.8. The highest BCUT2D eigenvalue weighted by Crippen LogP contribution is 2.15. The highest BCUT2D eigenvalue weighted by Gasteiger charge is 2.16. The van der Waals surface area contributed by atoms with Gasteiger partial charge in [-0.15, -0.1) is 5.10 Å². The summed E-state index contributed by atoms with van der Waals surface area (Å²) in [5.74, 6) is 0.632. The predicted molar refractivity (Wildman–Crippen MR) is 83.7 cm³/mol. The fraction of sp³-hybridized carbons (Fsp3) is 0.429. The zero-order valence-electron chi connectivity index (χ0n) is 12.1. The highest BCUT2D eigenvalue weighted by molar-refractivity contribution is 6.30. The van der Waals surface area contributed by atoms with Crippen LogP contribution in [-0.2, 0) is 6.54 Å². The quantitative estimate of drug-likeness (QED) is 0.530. The summed E-state index contributed by atoms with van der Waals surface area (Å²) in [7, 11) is 0. The van der Waals surface area contributed by atoms with E-state index in [4.69, 9.17) is 11.6 Å². The average Bonchev–Trinajstić information content (AvgIpc) is 3.03. The number of piperidine rings is 1. The van der Waals surface area contributed by atoms with Gasteiger partial charge >= 0.3 is 0 Å². The van der Waals surface area contributed by atoms with Gasteiger partial charge in [0, 0.05) is 23.7 Å². The van der Waals surface area contributed by atoms with Gasteiger partial charge in [-0.05, 0) is 36.6 Å². The summed E-state index contributed by atoms with van der Waals surface area (Å²) in [5, 5.41) is 25.7. The first-order valence-electron chi connectivity index (χ1n) is 7.26. The molecule has 0 atom stereocenters. The Balaban J connectivity index is 1.71. The second kappa shape index (κ2) is 6.74. The van der Waals surface area contributed by atoms with Crippen molar-refractivity contribution in [2.45, 2.75) is 25.8 Å². The maximum Gasteiger partial charge on any atom is 0.266 e. The van der Waals surface area contributed by atoms with E-state index in [9.17, 15) is 5.21 Å². The Morgan fingerprint density at radius 2 is 1.91 bits per heavy atom. The highest BCUT2D eigenvalue weighted by atomic mass is 35.5. The van der Waals surface area contributed by atoms with Crippen molar-refractivity contribution < 1.29 is 5.21 Å². The van der Waals surface area contributed by atoms with E-state index >= 15 is 0 Å². The molecule has 1 aromatic carbocycles. The molecule has 1 aromatic heterocycles. The van der Waals surface area contributed by atoms with Crippen LogP contribution in [0.1, 0.15) is 24.8 Å². The van der Waals surface area contributed by atoms with Gasteiger partial charge in [-0.3, -0.25) is 0 Å². The second-order valence-corrected chi connectivity index (χ2v) is 5.66. The first kappa shape index (κ1) is 14.8. The normalized spacial score (nSPS) is 16.0. The molecule has 0 bridgehead atoms. The van der Waals surface area contributed by atoms with E-state index < -0.39 is 0 Å². The molecule has 3 rings (SSSR count). The lowest BCUT2D eigenvalue weighted by atomic mass is 10.1. The van der Waals surface area contributed by atoms with E-state index in [1.54, 1.807) is 24.3 Å². The Hall–Kier alpha value is -2.15. The minimum Gasteiger partial charge on any atom is -0.411 e. The molecule has 22 heavy (non-hydrogen) atoms. The van der Waals surface area contributed by atoms with Crippen LogP contribution in [0.15, 0.2) is 29.4 Å². The third-order valence-electron chi connectivity index (χ3n) is 3.67. The van der Waals surface area contributed by atoms with E-state index in [1.165, 1.54) is 11.2 Å². The molecule has 1 aliphatic rings. The molecule has 1 fully saturated rings. The lowest BCUT2D eigenvalue weighted by molar-refractivity contribution is 0.316. The lowest BCUT2D eigenvalue weighted by Crippen LogP contribution is -2.30. The Bertz CT molecular complexity index is 648. The molecule has 1 aliphatic heterocycles. The van der Waals surface area contributed by atoms with Gasteiger partial charge in [0.05, 0.1) is 0 Å². The third-order valence-corrected chi connectivity index (χ3v) is 3.92. The molecule has 0 saturated carbocycles. The molecule has 0 amide bonds. The molecule has 2 heterocycles. The van der Waals surface area contributed by atoms with Crippen molar-refractivity contribution in [3.05, 3.63) is 34.9 Å². The van der Waals surface area contributed by atoms with Gasteiger partial charge in [0.25, 0.3) is 5.95 Å². The van der Waals surface area contributed by atoms with Gasteiger partial charge in [-0.2, -0.15) is 4.80 Å². The maximum atomic E-state index is 9.22. The molecule has 1 saturated heterocycles. The number of oxime groups is 1. The SMILES string of the molecule is O/N=C(\Cn1nnc(N2CCCCC2)n1)c1ccc(Cl)cc1.